The van der Waals surface area contributed by atoms with Gasteiger partial charge in [-0.2, -0.15) is 0 Å². The van der Waals surface area contributed by atoms with Crippen molar-refractivity contribution in [2.45, 2.75) is 63.8 Å². The molecule has 0 radical (unpaired) electrons. The maximum absolute atomic E-state index is 15.6. The SMILES string of the molecule is CC(C)C[C@H](C(=O)Oc1cc(F)c(-c2cc(Cn3cnc4c(N)ncnc43)c(N3CCC[C@](N)([C@H](O)C(F)F)C3)cn2)cc1F)N(C)C. The van der Waals surface area contributed by atoms with Crippen molar-refractivity contribution < 1.29 is 32.2 Å². The van der Waals surface area contributed by atoms with Crippen LogP contribution in [0.15, 0.2) is 37.1 Å². The Morgan fingerprint density at radius 2 is 1.88 bits per heavy atom. The van der Waals surface area contributed by atoms with Crippen LogP contribution in [0.4, 0.5) is 29.1 Å². The highest BCUT2D eigenvalue weighted by Gasteiger charge is 2.43. The van der Waals surface area contributed by atoms with Gasteiger partial charge in [0.2, 0.25) is 0 Å². The number of fused-ring (bicyclic) bond motifs is 1. The standard InChI is InChI=1S/C32H39F4N9O3/c1-17(2)8-23(43(3)4)31(47)48-25-11-20(33)19(10-21(25)34)22-9-18(13-45-16-42-26-29(37)40-15-41-30(26)45)24(12-39-22)44-7-5-6-32(38,14-44)27(46)28(35)36/h9-12,15-17,23,27-28,46H,5-8,13-14,38H2,1-4H3,(H2,37,40,41)/t23-,27-,32-/m1/s1. The third kappa shape index (κ3) is 7.19. The topological polar surface area (TPSA) is 162 Å². The second-order valence-electron chi connectivity index (χ2n) is 12.8. The number of rotatable bonds is 11. The number of aliphatic hydroxyl groups excluding tert-OH is 1. The lowest BCUT2D eigenvalue weighted by atomic mass is 9.84. The predicted molar refractivity (Wildman–Crippen MR) is 171 cm³/mol. The first-order valence-corrected chi connectivity index (χ1v) is 15.5. The van der Waals surface area contributed by atoms with E-state index >= 15 is 8.78 Å². The number of aromatic nitrogens is 5. The Hall–Kier alpha value is -4.41. The van der Waals surface area contributed by atoms with Gasteiger partial charge in [0.15, 0.2) is 23.0 Å². The molecule has 3 atom stereocenters. The summed E-state index contributed by atoms with van der Waals surface area (Å²) in [5, 5.41) is 10.3. The van der Waals surface area contributed by atoms with E-state index in [4.69, 9.17) is 16.2 Å². The van der Waals surface area contributed by atoms with E-state index in [1.165, 1.54) is 24.9 Å². The van der Waals surface area contributed by atoms with Crippen LogP contribution in [0.5, 0.6) is 5.75 Å². The van der Waals surface area contributed by atoms with Crippen LogP contribution in [0.2, 0.25) is 0 Å². The number of likely N-dealkylation sites (N-methyl/N-ethyl adjacent to an activating group) is 1. The van der Waals surface area contributed by atoms with E-state index in [0.717, 1.165) is 12.1 Å². The van der Waals surface area contributed by atoms with Crippen LogP contribution in [0.1, 0.15) is 38.7 Å². The van der Waals surface area contributed by atoms with E-state index in [2.05, 4.69) is 19.9 Å². The highest BCUT2D eigenvalue weighted by molar-refractivity contribution is 5.81. The van der Waals surface area contributed by atoms with Gasteiger partial charge in [0.1, 0.15) is 29.8 Å². The van der Waals surface area contributed by atoms with Gasteiger partial charge in [0.05, 0.1) is 36.0 Å². The number of hydrogen-bond donors (Lipinski definition) is 3. The highest BCUT2D eigenvalue weighted by atomic mass is 19.3. The number of carbonyl (C=O) groups is 1. The van der Waals surface area contributed by atoms with Crippen molar-refractivity contribution >= 4 is 28.6 Å². The van der Waals surface area contributed by atoms with Crippen molar-refractivity contribution in [1.82, 2.24) is 29.4 Å². The fourth-order valence-electron chi connectivity index (χ4n) is 6.00. The predicted octanol–water partition coefficient (Wildman–Crippen LogP) is 3.60. The van der Waals surface area contributed by atoms with Crippen LogP contribution >= 0.6 is 0 Å². The minimum Gasteiger partial charge on any atom is -0.422 e. The number of hydrogen-bond acceptors (Lipinski definition) is 11. The summed E-state index contributed by atoms with van der Waals surface area (Å²) in [6.07, 6.45) is 0.139. The summed E-state index contributed by atoms with van der Waals surface area (Å²) in [6, 6.07) is 2.59. The summed E-state index contributed by atoms with van der Waals surface area (Å²) in [4.78, 5) is 33.2. The maximum atomic E-state index is 15.6. The molecule has 12 nitrogen and oxygen atoms in total. The number of pyridine rings is 1. The molecular weight excluding hydrogens is 634 g/mol. The fourth-order valence-corrected chi connectivity index (χ4v) is 6.00. The van der Waals surface area contributed by atoms with E-state index in [9.17, 15) is 18.7 Å². The summed E-state index contributed by atoms with van der Waals surface area (Å²) < 4.78 is 65.1. The summed E-state index contributed by atoms with van der Waals surface area (Å²) in [5.41, 5.74) is 12.3. The number of piperidine rings is 1. The summed E-state index contributed by atoms with van der Waals surface area (Å²) in [6.45, 7) is 4.27. The molecule has 4 aromatic rings. The van der Waals surface area contributed by atoms with Crippen LogP contribution in [0, 0.1) is 17.6 Å². The number of halogens is 4. The molecule has 0 spiro atoms. The lowest BCUT2D eigenvalue weighted by Gasteiger charge is -2.44. The largest absolute Gasteiger partial charge is 0.422 e. The van der Waals surface area contributed by atoms with Crippen LogP contribution in [-0.2, 0) is 11.3 Å². The Balaban J connectivity index is 1.53. The van der Waals surface area contributed by atoms with Crippen LogP contribution in [0.3, 0.4) is 0 Å². The first kappa shape index (κ1) is 34.9. The quantitative estimate of drug-likeness (QED) is 0.121. The Morgan fingerprint density at radius 1 is 1.12 bits per heavy atom. The minimum atomic E-state index is -3.04. The monoisotopic (exact) mass is 673 g/mol. The number of imidazole rings is 1. The van der Waals surface area contributed by atoms with Crippen molar-refractivity contribution in [3.63, 3.8) is 0 Å². The molecule has 0 unspecified atom stereocenters. The first-order chi connectivity index (χ1) is 22.7. The van der Waals surface area contributed by atoms with E-state index in [-0.39, 0.29) is 42.5 Å². The van der Waals surface area contributed by atoms with Crippen molar-refractivity contribution in [2.24, 2.45) is 11.7 Å². The fraction of sp³-hybridized carbons (Fsp3) is 0.469. The average Bonchev–Trinajstić information content (AvgIpc) is 3.44. The average molecular weight is 674 g/mol. The Morgan fingerprint density at radius 3 is 2.56 bits per heavy atom. The van der Waals surface area contributed by atoms with E-state index in [1.54, 1.807) is 28.5 Å². The second kappa shape index (κ2) is 14.0. The number of benzene rings is 1. The number of nitrogens with two attached hydrogens (primary N) is 2. The van der Waals surface area contributed by atoms with Gasteiger partial charge in [-0.05, 0) is 57.0 Å². The zero-order valence-electron chi connectivity index (χ0n) is 27.1. The van der Waals surface area contributed by atoms with Crippen molar-refractivity contribution in [3.8, 4) is 17.0 Å². The van der Waals surface area contributed by atoms with Gasteiger partial charge in [0, 0.05) is 24.7 Å². The molecule has 4 heterocycles. The molecule has 1 aromatic carbocycles. The molecule has 1 saturated heterocycles. The number of aliphatic hydroxyl groups is 1. The maximum Gasteiger partial charge on any atom is 0.328 e. The van der Waals surface area contributed by atoms with E-state index in [0.29, 0.717) is 41.8 Å². The molecule has 5 rings (SSSR count). The molecule has 258 valence electrons. The summed E-state index contributed by atoms with van der Waals surface area (Å²) in [5.74, 6) is -2.80. The van der Waals surface area contributed by atoms with E-state index in [1.807, 2.05) is 13.8 Å². The second-order valence-corrected chi connectivity index (χ2v) is 12.8. The molecule has 0 amide bonds. The molecule has 48 heavy (non-hydrogen) atoms. The normalized spacial score (nSPS) is 18.2. The molecule has 5 N–H and O–H groups in total. The van der Waals surface area contributed by atoms with Gasteiger partial charge in [0.25, 0.3) is 6.43 Å². The highest BCUT2D eigenvalue weighted by Crippen LogP contribution is 2.35. The molecule has 1 aliphatic heterocycles. The number of esters is 1. The van der Waals surface area contributed by atoms with Gasteiger partial charge in [-0.25, -0.2) is 37.3 Å². The lowest BCUT2D eigenvalue weighted by Crippen LogP contribution is -2.63. The molecule has 0 bridgehead atoms. The van der Waals surface area contributed by atoms with Crippen LogP contribution in [-0.4, -0.2) is 91.8 Å². The molecule has 1 fully saturated rings. The van der Waals surface area contributed by atoms with Gasteiger partial charge in [-0.15, -0.1) is 0 Å². The Bertz CT molecular complexity index is 1790. The number of nitrogen functional groups attached to an aromatic ring is 1. The van der Waals surface area contributed by atoms with Gasteiger partial charge in [-0.1, -0.05) is 13.8 Å². The first-order valence-electron chi connectivity index (χ1n) is 15.5. The van der Waals surface area contributed by atoms with Crippen molar-refractivity contribution in [1.29, 1.82) is 0 Å². The smallest absolute Gasteiger partial charge is 0.328 e. The number of ether oxygens (including phenoxy) is 1. The van der Waals surface area contributed by atoms with E-state index < -0.39 is 47.5 Å². The third-order valence-corrected chi connectivity index (χ3v) is 8.56. The molecule has 1 aliphatic rings. The number of carbonyl (C=O) groups excluding carboxylic acids is 1. The number of alkyl halides is 2. The molecule has 0 aliphatic carbocycles. The Kier molecular flexibility index (Phi) is 10.2. The Labute approximate surface area is 274 Å². The zero-order chi connectivity index (χ0) is 34.9. The van der Waals surface area contributed by atoms with Crippen LogP contribution < -0.4 is 21.1 Å². The van der Waals surface area contributed by atoms with Crippen LogP contribution in [0.25, 0.3) is 22.4 Å². The molecular formula is C32H39F4N9O3. The molecule has 0 saturated carbocycles. The third-order valence-electron chi connectivity index (χ3n) is 8.56. The lowest BCUT2D eigenvalue weighted by molar-refractivity contribution is -0.140. The van der Waals surface area contributed by atoms with Crippen molar-refractivity contribution in [2.75, 3.05) is 37.8 Å². The summed E-state index contributed by atoms with van der Waals surface area (Å²) in [7, 11) is 3.40. The number of nitrogens with zero attached hydrogens (tertiary/aromatic N) is 7. The van der Waals surface area contributed by atoms with Crippen molar-refractivity contribution in [3.05, 3.63) is 54.2 Å². The summed E-state index contributed by atoms with van der Waals surface area (Å²) >= 11 is 0. The number of anilines is 2. The van der Waals surface area contributed by atoms with Gasteiger partial charge >= 0.3 is 5.97 Å². The minimum absolute atomic E-state index is 0.0520. The molecule has 16 heteroatoms. The van der Waals surface area contributed by atoms with Gasteiger partial charge in [-0.3, -0.25) is 9.88 Å². The zero-order valence-corrected chi connectivity index (χ0v) is 27.1. The van der Waals surface area contributed by atoms with Gasteiger partial charge < -0.3 is 30.8 Å². The molecule has 3 aromatic heterocycles.